The van der Waals surface area contributed by atoms with E-state index in [1.54, 1.807) is 19.1 Å². The lowest BCUT2D eigenvalue weighted by molar-refractivity contribution is -0.140. The largest absolute Gasteiger partial charge is 0.507 e. The lowest BCUT2D eigenvalue weighted by atomic mass is 9.93. The Labute approximate surface area is 171 Å². The fraction of sp³-hybridized carbons (Fsp3) is 0.333. The molecule has 5 heteroatoms. The number of hydrogen-bond donors (Lipinski definition) is 2. The molecule has 3 rings (SSSR count). The molecule has 29 heavy (non-hydrogen) atoms. The second kappa shape index (κ2) is 8.21. The Morgan fingerprint density at radius 1 is 1.00 bits per heavy atom. The topological polar surface area (TPSA) is 77.8 Å². The molecule has 1 heterocycles. The Balaban J connectivity index is 2.15. The summed E-state index contributed by atoms with van der Waals surface area (Å²) in [6.45, 7) is 7.68. The van der Waals surface area contributed by atoms with Crippen molar-refractivity contribution in [1.82, 2.24) is 4.90 Å². The summed E-state index contributed by atoms with van der Waals surface area (Å²) in [5, 5.41) is 20.8. The first-order chi connectivity index (χ1) is 13.7. The number of likely N-dealkylation sites (tertiary alicyclic amines) is 1. The molecule has 0 spiro atoms. The maximum atomic E-state index is 12.8. The zero-order valence-corrected chi connectivity index (χ0v) is 17.2. The van der Waals surface area contributed by atoms with E-state index in [1.165, 1.54) is 4.90 Å². The summed E-state index contributed by atoms with van der Waals surface area (Å²) < 4.78 is 0. The lowest BCUT2D eigenvalue weighted by Gasteiger charge is -2.26. The van der Waals surface area contributed by atoms with Crippen LogP contribution in [0.3, 0.4) is 0 Å². The van der Waals surface area contributed by atoms with Crippen LogP contribution in [0.5, 0.6) is 0 Å². The Morgan fingerprint density at radius 2 is 1.59 bits per heavy atom. The van der Waals surface area contributed by atoms with E-state index in [2.05, 4.69) is 13.8 Å². The molecule has 0 aromatic heterocycles. The molecule has 2 aromatic carbocycles. The smallest absolute Gasteiger partial charge is 0.295 e. The van der Waals surface area contributed by atoms with Crippen LogP contribution in [0.1, 0.15) is 55.0 Å². The predicted octanol–water partition coefficient (Wildman–Crippen LogP) is 3.92. The number of nitrogens with zero attached hydrogens (tertiary/aromatic N) is 1. The van der Waals surface area contributed by atoms with Crippen molar-refractivity contribution in [3.05, 3.63) is 76.4 Å². The van der Waals surface area contributed by atoms with Crippen LogP contribution < -0.4 is 0 Å². The number of hydrogen-bond acceptors (Lipinski definition) is 4. The Kier molecular flexibility index (Phi) is 5.89. The van der Waals surface area contributed by atoms with Gasteiger partial charge in [-0.1, -0.05) is 67.9 Å². The number of aryl methyl sites for hydroxylation is 1. The minimum absolute atomic E-state index is 0.00580. The summed E-state index contributed by atoms with van der Waals surface area (Å²) in [5.74, 6) is -1.30. The maximum absolute atomic E-state index is 12.8. The number of benzene rings is 2. The van der Waals surface area contributed by atoms with Crippen molar-refractivity contribution in [2.45, 2.75) is 45.8 Å². The number of carbonyl (C=O) groups is 2. The van der Waals surface area contributed by atoms with E-state index in [1.807, 2.05) is 43.3 Å². The quantitative estimate of drug-likeness (QED) is 0.458. The molecule has 1 amide bonds. The van der Waals surface area contributed by atoms with Crippen molar-refractivity contribution in [3.8, 4) is 0 Å². The molecular weight excluding hydrogens is 366 g/mol. The van der Waals surface area contributed by atoms with E-state index < -0.39 is 23.8 Å². The standard InChI is InChI=1S/C24H27NO4/c1-14(2)17-9-11-18(12-10-17)21-20(22(27)19-7-5-15(3)6-8-19)23(28)24(29)25(21)13-16(4)26/h5-12,14,16,21,26-27H,13H2,1-4H3/t16-,21+/m0/s1. The highest BCUT2D eigenvalue weighted by Crippen LogP contribution is 2.39. The van der Waals surface area contributed by atoms with Gasteiger partial charge in [0.15, 0.2) is 0 Å². The molecule has 0 unspecified atom stereocenters. The number of aliphatic hydroxyl groups is 2. The second-order valence-corrected chi connectivity index (χ2v) is 7.99. The maximum Gasteiger partial charge on any atom is 0.295 e. The third-order valence-electron chi connectivity index (χ3n) is 5.24. The molecule has 0 saturated carbocycles. The summed E-state index contributed by atoms with van der Waals surface area (Å²) in [5.41, 5.74) is 3.42. The highest BCUT2D eigenvalue weighted by molar-refractivity contribution is 6.46. The summed E-state index contributed by atoms with van der Waals surface area (Å²) in [6, 6.07) is 14.1. The molecule has 2 aromatic rings. The molecular formula is C24H27NO4. The molecule has 1 aliphatic rings. The number of rotatable bonds is 5. The number of aliphatic hydroxyl groups excluding tert-OH is 2. The van der Waals surface area contributed by atoms with E-state index in [-0.39, 0.29) is 17.9 Å². The monoisotopic (exact) mass is 393 g/mol. The van der Waals surface area contributed by atoms with Gasteiger partial charge in [-0.3, -0.25) is 9.59 Å². The predicted molar refractivity (Wildman–Crippen MR) is 112 cm³/mol. The average Bonchev–Trinajstić information content (AvgIpc) is 2.92. The zero-order chi connectivity index (χ0) is 21.3. The molecule has 2 atom stereocenters. The molecule has 152 valence electrons. The average molecular weight is 393 g/mol. The summed E-state index contributed by atoms with van der Waals surface area (Å²) in [4.78, 5) is 26.9. The second-order valence-electron chi connectivity index (χ2n) is 7.99. The van der Waals surface area contributed by atoms with Crippen molar-refractivity contribution in [1.29, 1.82) is 0 Å². The van der Waals surface area contributed by atoms with Crippen LogP contribution in [0.4, 0.5) is 0 Å². The zero-order valence-electron chi connectivity index (χ0n) is 17.2. The van der Waals surface area contributed by atoms with E-state index in [0.29, 0.717) is 11.5 Å². The van der Waals surface area contributed by atoms with Crippen molar-refractivity contribution in [3.63, 3.8) is 0 Å². The third kappa shape index (κ3) is 4.10. The van der Waals surface area contributed by atoms with Gasteiger partial charge in [-0.25, -0.2) is 0 Å². The minimum atomic E-state index is -0.801. The lowest BCUT2D eigenvalue weighted by Crippen LogP contribution is -2.35. The van der Waals surface area contributed by atoms with Crippen LogP contribution in [0.2, 0.25) is 0 Å². The normalized spacial score (nSPS) is 19.8. The fourth-order valence-corrected chi connectivity index (χ4v) is 3.63. The van der Waals surface area contributed by atoms with Crippen LogP contribution >= 0.6 is 0 Å². The first kappa shape index (κ1) is 20.8. The fourth-order valence-electron chi connectivity index (χ4n) is 3.63. The molecule has 0 bridgehead atoms. The van der Waals surface area contributed by atoms with Crippen LogP contribution in [0, 0.1) is 6.92 Å². The van der Waals surface area contributed by atoms with Gasteiger partial charge in [0.25, 0.3) is 11.7 Å². The summed E-state index contributed by atoms with van der Waals surface area (Å²) >= 11 is 0. The van der Waals surface area contributed by atoms with E-state index in [4.69, 9.17) is 0 Å². The van der Waals surface area contributed by atoms with Crippen LogP contribution in [-0.2, 0) is 9.59 Å². The van der Waals surface area contributed by atoms with Gasteiger partial charge in [-0.05, 0) is 30.9 Å². The summed E-state index contributed by atoms with van der Waals surface area (Å²) in [6.07, 6.45) is -0.801. The Bertz CT molecular complexity index is 940. The van der Waals surface area contributed by atoms with Crippen LogP contribution in [0.25, 0.3) is 5.76 Å². The molecule has 5 nitrogen and oxygen atoms in total. The van der Waals surface area contributed by atoms with Gasteiger partial charge in [0.05, 0.1) is 17.7 Å². The van der Waals surface area contributed by atoms with Gasteiger partial charge in [0.1, 0.15) is 5.76 Å². The van der Waals surface area contributed by atoms with Gasteiger partial charge in [-0.2, -0.15) is 0 Å². The van der Waals surface area contributed by atoms with Crippen LogP contribution in [-0.4, -0.2) is 39.5 Å². The molecule has 0 aliphatic carbocycles. The first-order valence-electron chi connectivity index (χ1n) is 9.84. The molecule has 1 fully saturated rings. The highest BCUT2D eigenvalue weighted by atomic mass is 16.3. The molecule has 0 radical (unpaired) electrons. The molecule has 1 aliphatic heterocycles. The van der Waals surface area contributed by atoms with Gasteiger partial charge in [-0.15, -0.1) is 0 Å². The number of carbonyl (C=O) groups excluding carboxylic acids is 2. The van der Waals surface area contributed by atoms with Crippen molar-refractivity contribution in [2.24, 2.45) is 0 Å². The van der Waals surface area contributed by atoms with Crippen molar-refractivity contribution in [2.75, 3.05) is 6.54 Å². The SMILES string of the molecule is Cc1ccc(C(O)=C2C(=O)C(=O)N(C[C@H](C)O)[C@@H]2c2ccc(C(C)C)cc2)cc1. The summed E-state index contributed by atoms with van der Waals surface area (Å²) in [7, 11) is 0. The van der Waals surface area contributed by atoms with E-state index >= 15 is 0 Å². The van der Waals surface area contributed by atoms with Crippen molar-refractivity contribution >= 4 is 17.4 Å². The van der Waals surface area contributed by atoms with Gasteiger partial charge < -0.3 is 15.1 Å². The van der Waals surface area contributed by atoms with Gasteiger partial charge in [0.2, 0.25) is 0 Å². The van der Waals surface area contributed by atoms with E-state index in [0.717, 1.165) is 16.7 Å². The third-order valence-corrected chi connectivity index (χ3v) is 5.24. The highest BCUT2D eigenvalue weighted by Gasteiger charge is 2.46. The number of Topliss-reactive ketones (excluding diaryl/α,β-unsaturated/α-hetero) is 1. The number of β-amino-alcohol motifs (C(OH)–C–C–N with tert-alkyl or cyclic N) is 1. The molecule has 2 N–H and O–H groups in total. The Hall–Kier alpha value is -2.92. The van der Waals surface area contributed by atoms with Crippen molar-refractivity contribution < 1.29 is 19.8 Å². The number of amides is 1. The Morgan fingerprint density at radius 3 is 2.10 bits per heavy atom. The minimum Gasteiger partial charge on any atom is -0.507 e. The van der Waals surface area contributed by atoms with Gasteiger partial charge >= 0.3 is 0 Å². The van der Waals surface area contributed by atoms with E-state index in [9.17, 15) is 19.8 Å². The number of ketones is 1. The van der Waals surface area contributed by atoms with Crippen LogP contribution in [0.15, 0.2) is 54.1 Å². The van der Waals surface area contributed by atoms with Gasteiger partial charge in [0, 0.05) is 12.1 Å². The molecule has 1 saturated heterocycles. The first-order valence-corrected chi connectivity index (χ1v) is 9.84.